The second kappa shape index (κ2) is 10.00. The van der Waals surface area contributed by atoms with E-state index in [-0.39, 0.29) is 11.9 Å². The molecule has 1 unspecified atom stereocenters. The van der Waals surface area contributed by atoms with Gasteiger partial charge in [-0.3, -0.25) is 9.69 Å². The van der Waals surface area contributed by atoms with Gasteiger partial charge < -0.3 is 19.7 Å². The molecular weight excluding hydrogens is 403 g/mol. The monoisotopic (exact) mass is 430 g/mol. The summed E-state index contributed by atoms with van der Waals surface area (Å²) >= 11 is 0. The van der Waals surface area contributed by atoms with Gasteiger partial charge in [0, 0.05) is 6.54 Å². The Morgan fingerprint density at radius 1 is 1.06 bits per heavy atom. The molecule has 0 fully saturated rings. The molecule has 0 bridgehead atoms. The van der Waals surface area contributed by atoms with Crippen LogP contribution in [0.4, 0.5) is 0 Å². The van der Waals surface area contributed by atoms with E-state index in [0.717, 1.165) is 22.2 Å². The lowest BCUT2D eigenvalue weighted by molar-refractivity contribution is -0.125. The first kappa shape index (κ1) is 22.1. The molecule has 1 atom stereocenters. The molecule has 0 aromatic heterocycles. The van der Waals surface area contributed by atoms with Gasteiger partial charge in [-0.1, -0.05) is 48.5 Å². The summed E-state index contributed by atoms with van der Waals surface area (Å²) in [6.07, 6.45) is 0.662. The summed E-state index contributed by atoms with van der Waals surface area (Å²) in [5.41, 5.74) is 3.84. The number of nitrogens with one attached hydrogen (secondary N) is 1. The van der Waals surface area contributed by atoms with Crippen molar-refractivity contribution in [3.63, 3.8) is 0 Å². The number of fused-ring (bicyclic) bond motifs is 1. The number of rotatable bonds is 8. The Labute approximate surface area is 188 Å². The summed E-state index contributed by atoms with van der Waals surface area (Å²) < 4.78 is 11.1. The Bertz CT molecular complexity index is 1060. The third-order valence-corrected chi connectivity index (χ3v) is 5.60. The normalized spacial score (nSPS) is 13.7. The molecule has 3 aromatic rings. The topological polar surface area (TPSA) is 71.0 Å². The summed E-state index contributed by atoms with van der Waals surface area (Å²) in [5, 5.41) is 12.8. The molecule has 0 saturated carbocycles. The number of likely N-dealkylation sites (N-methyl/N-ethyl adjacent to an activating group) is 1. The Morgan fingerprint density at radius 2 is 1.78 bits per heavy atom. The maximum atomic E-state index is 12.8. The Kier molecular flexibility index (Phi) is 6.90. The maximum absolute atomic E-state index is 12.8. The largest absolute Gasteiger partial charge is 0.491 e. The van der Waals surface area contributed by atoms with Crippen molar-refractivity contribution in [3.05, 3.63) is 89.5 Å². The van der Waals surface area contributed by atoms with Crippen molar-refractivity contribution in [2.75, 3.05) is 14.1 Å². The molecule has 0 saturated heterocycles. The highest BCUT2D eigenvalue weighted by Gasteiger charge is 2.27. The maximum Gasteiger partial charge on any atom is 0.491 e. The van der Waals surface area contributed by atoms with Crippen LogP contribution in [0, 0.1) is 0 Å². The average molecular weight is 430 g/mol. The number of carbonyl (C=O) groups excluding carboxylic acids is 1. The van der Waals surface area contributed by atoms with Gasteiger partial charge in [-0.25, -0.2) is 0 Å². The van der Waals surface area contributed by atoms with Gasteiger partial charge in [0.15, 0.2) is 0 Å². The zero-order valence-corrected chi connectivity index (χ0v) is 18.3. The van der Waals surface area contributed by atoms with Gasteiger partial charge in [-0.2, -0.15) is 0 Å². The van der Waals surface area contributed by atoms with E-state index >= 15 is 0 Å². The highest BCUT2D eigenvalue weighted by molar-refractivity contribution is 6.61. The molecule has 1 aliphatic heterocycles. The van der Waals surface area contributed by atoms with Crippen LogP contribution in [0.15, 0.2) is 72.8 Å². The lowest BCUT2D eigenvalue weighted by atomic mass is 9.80. The standard InChI is InChI=1S/C25H27BN2O4/c1-28(2)24(14-18-6-4-3-5-7-18)25(29)27-16-19-8-10-21(11-9-19)32-22-12-13-23-20(15-22)17-31-26(23)30/h3-13,15,24,30H,14,16-17H2,1-2H3,(H,27,29). The van der Waals surface area contributed by atoms with Gasteiger partial charge in [0.05, 0.1) is 12.6 Å². The van der Waals surface area contributed by atoms with Crippen molar-refractivity contribution in [1.82, 2.24) is 10.2 Å². The Balaban J connectivity index is 1.32. The Hall–Kier alpha value is -3.13. The number of carbonyl (C=O) groups is 1. The van der Waals surface area contributed by atoms with Crippen LogP contribution in [0.5, 0.6) is 11.5 Å². The van der Waals surface area contributed by atoms with Crippen LogP contribution in [0.25, 0.3) is 0 Å². The first-order chi connectivity index (χ1) is 15.5. The van der Waals surface area contributed by atoms with E-state index in [0.29, 0.717) is 31.1 Å². The number of hydrogen-bond donors (Lipinski definition) is 2. The van der Waals surface area contributed by atoms with E-state index < -0.39 is 7.12 Å². The van der Waals surface area contributed by atoms with Crippen LogP contribution >= 0.6 is 0 Å². The zero-order valence-electron chi connectivity index (χ0n) is 18.3. The molecule has 0 aliphatic carbocycles. The molecule has 4 rings (SSSR count). The number of nitrogens with zero attached hydrogens (tertiary/aromatic N) is 1. The van der Waals surface area contributed by atoms with Crippen molar-refractivity contribution in [2.45, 2.75) is 25.6 Å². The SMILES string of the molecule is CN(C)C(Cc1ccccc1)C(=O)NCc1ccc(Oc2ccc3c(c2)COB3O)cc1. The van der Waals surface area contributed by atoms with E-state index in [4.69, 9.17) is 9.39 Å². The Morgan fingerprint density at radius 3 is 2.50 bits per heavy atom. The van der Waals surface area contributed by atoms with Crippen LogP contribution in [-0.4, -0.2) is 43.1 Å². The molecule has 0 spiro atoms. The minimum absolute atomic E-state index is 0.00160. The molecule has 0 radical (unpaired) electrons. The van der Waals surface area contributed by atoms with E-state index in [9.17, 15) is 9.82 Å². The van der Waals surface area contributed by atoms with E-state index in [1.54, 1.807) is 0 Å². The van der Waals surface area contributed by atoms with Gasteiger partial charge in [0.1, 0.15) is 11.5 Å². The highest BCUT2D eigenvalue weighted by Crippen LogP contribution is 2.24. The highest BCUT2D eigenvalue weighted by atomic mass is 16.5. The van der Waals surface area contributed by atoms with Gasteiger partial charge in [0.2, 0.25) is 5.91 Å². The lowest BCUT2D eigenvalue weighted by Crippen LogP contribution is -2.44. The minimum atomic E-state index is -0.853. The summed E-state index contributed by atoms with van der Waals surface area (Å²) in [7, 11) is 2.99. The third-order valence-electron chi connectivity index (χ3n) is 5.60. The fourth-order valence-corrected chi connectivity index (χ4v) is 3.74. The number of hydrogen-bond acceptors (Lipinski definition) is 5. The molecule has 164 valence electrons. The van der Waals surface area contributed by atoms with E-state index in [1.165, 1.54) is 0 Å². The van der Waals surface area contributed by atoms with Crippen molar-refractivity contribution in [1.29, 1.82) is 0 Å². The van der Waals surface area contributed by atoms with Gasteiger partial charge in [-0.15, -0.1) is 0 Å². The first-order valence-electron chi connectivity index (χ1n) is 10.7. The summed E-state index contributed by atoms with van der Waals surface area (Å²) in [6.45, 7) is 0.830. The average Bonchev–Trinajstić information content (AvgIpc) is 3.17. The summed E-state index contributed by atoms with van der Waals surface area (Å²) in [4.78, 5) is 14.7. The predicted octanol–water partition coefficient (Wildman–Crippen LogP) is 2.49. The van der Waals surface area contributed by atoms with Gasteiger partial charge in [0.25, 0.3) is 0 Å². The number of benzene rings is 3. The molecular formula is C25H27BN2O4. The summed E-state index contributed by atoms with van der Waals surface area (Å²) in [6, 6.07) is 23.0. The van der Waals surface area contributed by atoms with Crippen LogP contribution in [0.2, 0.25) is 0 Å². The minimum Gasteiger partial charge on any atom is -0.457 e. The predicted molar refractivity (Wildman–Crippen MR) is 125 cm³/mol. The van der Waals surface area contributed by atoms with E-state index in [2.05, 4.69) is 5.32 Å². The third kappa shape index (κ3) is 5.37. The van der Waals surface area contributed by atoms with Crippen LogP contribution in [0.1, 0.15) is 16.7 Å². The second-order valence-corrected chi connectivity index (χ2v) is 8.16. The van der Waals surface area contributed by atoms with Crippen LogP contribution in [0.3, 0.4) is 0 Å². The molecule has 1 aliphatic rings. The van der Waals surface area contributed by atoms with E-state index in [1.807, 2.05) is 91.8 Å². The summed E-state index contributed by atoms with van der Waals surface area (Å²) in [5.74, 6) is 1.40. The van der Waals surface area contributed by atoms with Crippen molar-refractivity contribution < 1.29 is 19.2 Å². The van der Waals surface area contributed by atoms with Crippen molar-refractivity contribution in [3.8, 4) is 11.5 Å². The number of amides is 1. The number of ether oxygens (including phenoxy) is 1. The molecule has 6 nitrogen and oxygen atoms in total. The van der Waals surface area contributed by atoms with Crippen LogP contribution in [-0.2, 0) is 29.0 Å². The first-order valence-corrected chi connectivity index (χ1v) is 10.7. The van der Waals surface area contributed by atoms with Gasteiger partial charge in [-0.05, 0) is 66.9 Å². The van der Waals surface area contributed by atoms with Crippen LogP contribution < -0.4 is 15.5 Å². The molecule has 2 N–H and O–H groups in total. The molecule has 32 heavy (non-hydrogen) atoms. The fourth-order valence-electron chi connectivity index (χ4n) is 3.74. The lowest BCUT2D eigenvalue weighted by Gasteiger charge is -2.23. The molecule has 1 amide bonds. The van der Waals surface area contributed by atoms with Crippen molar-refractivity contribution >= 4 is 18.5 Å². The van der Waals surface area contributed by atoms with Gasteiger partial charge >= 0.3 is 7.12 Å². The quantitative estimate of drug-likeness (QED) is 0.538. The fraction of sp³-hybridized carbons (Fsp3) is 0.240. The molecule has 7 heteroatoms. The second-order valence-electron chi connectivity index (χ2n) is 8.16. The smallest absolute Gasteiger partial charge is 0.457 e. The zero-order chi connectivity index (χ0) is 22.5. The molecule has 1 heterocycles. The molecule has 3 aromatic carbocycles. The van der Waals surface area contributed by atoms with Crippen molar-refractivity contribution in [2.24, 2.45) is 0 Å².